The zero-order valence-corrected chi connectivity index (χ0v) is 23.7. The van der Waals surface area contributed by atoms with E-state index in [0.29, 0.717) is 36.8 Å². The molecule has 1 aliphatic heterocycles. The average molecular weight is 560 g/mol. The number of ether oxygens (including phenoxy) is 2. The van der Waals surface area contributed by atoms with Crippen LogP contribution in [0.4, 0.5) is 23.0 Å². The highest BCUT2D eigenvalue weighted by molar-refractivity contribution is 6.03. The van der Waals surface area contributed by atoms with Crippen molar-refractivity contribution in [2.24, 2.45) is 7.05 Å². The molecule has 5 rings (SSSR count). The molecular weight excluding hydrogens is 526 g/mol. The number of nitro benzene ring substituents is 1. The van der Waals surface area contributed by atoms with Gasteiger partial charge in [0.05, 0.1) is 29.5 Å². The highest BCUT2D eigenvalue weighted by atomic mass is 16.6. The van der Waals surface area contributed by atoms with Gasteiger partial charge in [-0.15, -0.1) is 0 Å². The molecule has 2 aromatic carbocycles. The van der Waals surface area contributed by atoms with Crippen LogP contribution in [-0.2, 0) is 16.5 Å². The number of benzene rings is 2. The molecule has 0 radical (unpaired) electrons. The summed E-state index contributed by atoms with van der Waals surface area (Å²) in [6.07, 6.45) is 3.04. The van der Waals surface area contributed by atoms with Gasteiger partial charge in [0.25, 0.3) is 5.69 Å². The molecule has 4 aromatic rings. The Morgan fingerprint density at radius 1 is 1.22 bits per heavy atom. The summed E-state index contributed by atoms with van der Waals surface area (Å²) in [5, 5.41) is 16.1. The molecule has 3 heterocycles. The lowest BCUT2D eigenvalue weighted by atomic mass is 10.1. The first-order chi connectivity index (χ1) is 19.6. The van der Waals surface area contributed by atoms with E-state index in [1.54, 1.807) is 6.07 Å². The second kappa shape index (κ2) is 11.5. The largest absolute Gasteiger partial charge is 0.454 e. The number of nitrogens with one attached hydrogen (secondary N) is 1. The number of anilines is 3. The Morgan fingerprint density at radius 3 is 2.66 bits per heavy atom. The number of rotatable bonds is 10. The molecule has 41 heavy (non-hydrogen) atoms. The van der Waals surface area contributed by atoms with Crippen LogP contribution in [0.2, 0.25) is 0 Å². The van der Waals surface area contributed by atoms with Crippen LogP contribution in [0.25, 0.3) is 22.2 Å². The van der Waals surface area contributed by atoms with E-state index in [0.717, 1.165) is 28.6 Å². The molecule has 2 aromatic heterocycles. The van der Waals surface area contributed by atoms with Gasteiger partial charge in [0.2, 0.25) is 5.95 Å². The van der Waals surface area contributed by atoms with Crippen LogP contribution in [0.5, 0.6) is 0 Å². The van der Waals surface area contributed by atoms with Crippen molar-refractivity contribution in [2.75, 3.05) is 57.7 Å². The lowest BCUT2D eigenvalue weighted by molar-refractivity contribution is -0.384. The molecule has 0 unspecified atom stereocenters. The minimum absolute atomic E-state index is 0.0310. The lowest BCUT2D eigenvalue weighted by Crippen LogP contribution is -2.38. The van der Waals surface area contributed by atoms with Gasteiger partial charge in [-0.05, 0) is 38.7 Å². The number of aromatic nitrogens is 3. The van der Waals surface area contributed by atoms with E-state index >= 15 is 0 Å². The number of nitro groups is 1. The van der Waals surface area contributed by atoms with E-state index in [2.05, 4.69) is 10.3 Å². The fourth-order valence-electron chi connectivity index (χ4n) is 4.68. The number of hydrogen-bond acceptors (Lipinski definition) is 10. The SMILES string of the molecule is Cc1cc(N(C)CCN(C)C)c([N+](=O)[O-])cc1Nc1ncc(C(=O)OC2COC2)c(-c2cn(C)c3ccccc23)n1. The van der Waals surface area contributed by atoms with Gasteiger partial charge in [-0.1, -0.05) is 18.2 Å². The normalized spacial score (nSPS) is 13.3. The monoisotopic (exact) mass is 559 g/mol. The van der Waals surface area contributed by atoms with Gasteiger partial charge in [0, 0.05) is 62.1 Å². The van der Waals surface area contributed by atoms with Crippen LogP contribution in [0, 0.1) is 17.0 Å². The predicted octanol–water partition coefficient (Wildman–Crippen LogP) is 4.15. The smallest absolute Gasteiger partial charge is 0.342 e. The summed E-state index contributed by atoms with van der Waals surface area (Å²) in [6.45, 7) is 3.96. The van der Waals surface area contributed by atoms with E-state index in [9.17, 15) is 14.9 Å². The van der Waals surface area contributed by atoms with Gasteiger partial charge in [-0.2, -0.15) is 0 Å². The molecule has 1 fully saturated rings. The van der Waals surface area contributed by atoms with Crippen molar-refractivity contribution in [2.45, 2.75) is 13.0 Å². The van der Waals surface area contributed by atoms with Gasteiger partial charge >= 0.3 is 5.97 Å². The van der Waals surface area contributed by atoms with E-state index < -0.39 is 10.9 Å². The Bertz CT molecular complexity index is 1610. The van der Waals surface area contributed by atoms with Gasteiger partial charge in [-0.3, -0.25) is 10.1 Å². The molecule has 0 spiro atoms. The Balaban J connectivity index is 1.54. The number of fused-ring (bicyclic) bond motifs is 1. The summed E-state index contributed by atoms with van der Waals surface area (Å²) in [7, 11) is 7.68. The molecule has 0 atom stereocenters. The minimum Gasteiger partial charge on any atom is -0.454 e. The van der Waals surface area contributed by atoms with Crippen LogP contribution in [0.3, 0.4) is 0 Å². The van der Waals surface area contributed by atoms with Crippen molar-refractivity contribution in [3.8, 4) is 11.3 Å². The molecule has 1 saturated heterocycles. The fraction of sp³-hybridized carbons (Fsp3) is 0.345. The van der Waals surface area contributed by atoms with Crippen molar-refractivity contribution in [1.29, 1.82) is 0 Å². The number of carbonyl (C=O) groups excluding carboxylic acids is 1. The first kappa shape index (κ1) is 28.0. The molecule has 214 valence electrons. The molecule has 0 aliphatic carbocycles. The van der Waals surface area contributed by atoms with Crippen LogP contribution in [-0.4, -0.2) is 83.9 Å². The quantitative estimate of drug-likeness (QED) is 0.172. The van der Waals surface area contributed by atoms with Gasteiger partial charge in [-0.25, -0.2) is 14.8 Å². The van der Waals surface area contributed by atoms with Crippen LogP contribution in [0.15, 0.2) is 48.8 Å². The molecule has 0 bridgehead atoms. The maximum Gasteiger partial charge on any atom is 0.342 e. The summed E-state index contributed by atoms with van der Waals surface area (Å²) >= 11 is 0. The summed E-state index contributed by atoms with van der Waals surface area (Å²) in [5.41, 5.74) is 4.11. The highest BCUT2D eigenvalue weighted by Gasteiger charge is 2.27. The molecular formula is C29H33N7O5. The molecule has 1 aliphatic rings. The van der Waals surface area contributed by atoms with Crippen molar-refractivity contribution >= 4 is 39.9 Å². The molecule has 12 heteroatoms. The number of para-hydroxylation sites is 1. The van der Waals surface area contributed by atoms with Crippen molar-refractivity contribution in [3.05, 3.63) is 70.0 Å². The standard InChI is InChI=1S/C29H33N7O5/c1-18-12-25(34(4)11-10-33(2)3)26(36(38)39)13-23(18)31-29-30-14-21(28(37)41-19-16-40-17-19)27(32-29)22-15-35(5)24-9-7-6-8-20(22)24/h6-9,12-15,19H,10-11,16-17H2,1-5H3,(H,30,31,32). The second-order valence-corrected chi connectivity index (χ2v) is 10.5. The number of carbonyl (C=O) groups is 1. The summed E-state index contributed by atoms with van der Waals surface area (Å²) < 4.78 is 12.7. The Kier molecular flexibility index (Phi) is 7.86. The van der Waals surface area contributed by atoms with E-state index in [1.165, 1.54) is 12.3 Å². The maximum absolute atomic E-state index is 13.2. The Morgan fingerprint density at radius 2 is 1.98 bits per heavy atom. The lowest BCUT2D eigenvalue weighted by Gasteiger charge is -2.25. The highest BCUT2D eigenvalue weighted by Crippen LogP contribution is 2.36. The average Bonchev–Trinajstić information content (AvgIpc) is 3.26. The molecule has 0 saturated carbocycles. The van der Waals surface area contributed by atoms with E-state index in [-0.39, 0.29) is 23.3 Å². The second-order valence-electron chi connectivity index (χ2n) is 10.5. The minimum atomic E-state index is -0.537. The van der Waals surface area contributed by atoms with Crippen molar-refractivity contribution in [1.82, 2.24) is 19.4 Å². The van der Waals surface area contributed by atoms with Crippen molar-refractivity contribution < 1.29 is 19.2 Å². The number of likely N-dealkylation sites (N-methyl/N-ethyl adjacent to an activating group) is 2. The van der Waals surface area contributed by atoms with Gasteiger partial charge in [0.15, 0.2) is 0 Å². The fourth-order valence-corrected chi connectivity index (χ4v) is 4.68. The number of hydrogen-bond donors (Lipinski definition) is 1. The number of nitrogens with zero attached hydrogens (tertiary/aromatic N) is 6. The topological polar surface area (TPSA) is 128 Å². The summed E-state index contributed by atoms with van der Waals surface area (Å²) in [6, 6.07) is 11.1. The van der Waals surface area contributed by atoms with E-state index in [4.69, 9.17) is 14.5 Å². The third-order valence-electron chi connectivity index (χ3n) is 7.10. The summed E-state index contributed by atoms with van der Waals surface area (Å²) in [4.78, 5) is 37.8. The van der Waals surface area contributed by atoms with Crippen LogP contribution >= 0.6 is 0 Å². The maximum atomic E-state index is 13.2. The molecule has 1 N–H and O–H groups in total. The number of esters is 1. The Hall–Kier alpha value is -4.55. The predicted molar refractivity (Wildman–Crippen MR) is 157 cm³/mol. The zero-order chi connectivity index (χ0) is 29.3. The van der Waals surface area contributed by atoms with Crippen LogP contribution < -0.4 is 10.2 Å². The number of aryl methyl sites for hydroxylation is 2. The van der Waals surface area contributed by atoms with Gasteiger partial charge < -0.3 is 29.2 Å². The van der Waals surface area contributed by atoms with E-state index in [1.807, 2.05) is 79.9 Å². The third kappa shape index (κ3) is 5.83. The van der Waals surface area contributed by atoms with Crippen LogP contribution in [0.1, 0.15) is 15.9 Å². The first-order valence-corrected chi connectivity index (χ1v) is 13.2. The first-order valence-electron chi connectivity index (χ1n) is 13.2. The van der Waals surface area contributed by atoms with Gasteiger partial charge in [0.1, 0.15) is 17.4 Å². The summed E-state index contributed by atoms with van der Waals surface area (Å²) in [5.74, 6) is -0.340. The Labute approximate surface area is 237 Å². The third-order valence-corrected chi connectivity index (χ3v) is 7.10. The van der Waals surface area contributed by atoms with Crippen molar-refractivity contribution in [3.63, 3.8) is 0 Å². The molecule has 12 nitrogen and oxygen atoms in total. The zero-order valence-electron chi connectivity index (χ0n) is 23.7. The molecule has 0 amide bonds.